The van der Waals surface area contributed by atoms with Crippen LogP contribution in [-0.2, 0) is 9.53 Å². The lowest BCUT2D eigenvalue weighted by Gasteiger charge is -2.15. The summed E-state index contributed by atoms with van der Waals surface area (Å²) in [6, 6.07) is 14.5. The lowest BCUT2D eigenvalue weighted by molar-refractivity contribution is -0.114. The first-order valence-corrected chi connectivity index (χ1v) is 10.4. The molecule has 0 atom stereocenters. The van der Waals surface area contributed by atoms with E-state index in [0.29, 0.717) is 31.1 Å². The first-order chi connectivity index (χ1) is 14.7. The van der Waals surface area contributed by atoms with Crippen molar-refractivity contribution in [3.05, 3.63) is 54.1 Å². The van der Waals surface area contributed by atoms with Crippen molar-refractivity contribution in [1.82, 2.24) is 4.90 Å². The van der Waals surface area contributed by atoms with Crippen LogP contribution in [0.3, 0.4) is 0 Å². The number of likely N-dealkylation sites (tertiary alicyclic amines) is 1. The predicted octanol–water partition coefficient (Wildman–Crippen LogP) is 3.39. The average molecular weight is 412 g/mol. The van der Waals surface area contributed by atoms with Crippen molar-refractivity contribution in [2.45, 2.75) is 19.8 Å². The number of hydrogen-bond donors (Lipinski definition) is 2. The summed E-state index contributed by atoms with van der Waals surface area (Å²) >= 11 is 0. The molecule has 0 aromatic heterocycles. The summed E-state index contributed by atoms with van der Waals surface area (Å²) in [7, 11) is 0. The molecule has 1 heterocycles. The van der Waals surface area contributed by atoms with Gasteiger partial charge in [0.1, 0.15) is 12.4 Å². The standard InChI is InChI=1S/C23H29N3O4/c1-2-29-14-15-30-21-7-5-6-20(16-21)24-17-22(27)25-19-10-8-18(9-11-19)23(28)26-12-3-4-13-26/h5-11,16,24H,2-4,12-15,17H2,1H3,(H,25,27). The molecular formula is C23H29N3O4. The van der Waals surface area contributed by atoms with Gasteiger partial charge in [-0.2, -0.15) is 0 Å². The fraction of sp³-hybridized carbons (Fsp3) is 0.391. The van der Waals surface area contributed by atoms with Gasteiger partial charge in [-0.3, -0.25) is 9.59 Å². The number of carbonyl (C=O) groups excluding carboxylic acids is 2. The number of hydrogen-bond acceptors (Lipinski definition) is 5. The molecule has 2 N–H and O–H groups in total. The van der Waals surface area contributed by atoms with Gasteiger partial charge in [0.25, 0.3) is 5.91 Å². The average Bonchev–Trinajstić information content (AvgIpc) is 3.31. The van der Waals surface area contributed by atoms with E-state index in [4.69, 9.17) is 9.47 Å². The van der Waals surface area contributed by atoms with Gasteiger partial charge >= 0.3 is 0 Å². The molecule has 160 valence electrons. The molecular weight excluding hydrogens is 382 g/mol. The van der Waals surface area contributed by atoms with E-state index >= 15 is 0 Å². The van der Waals surface area contributed by atoms with Gasteiger partial charge in [-0.15, -0.1) is 0 Å². The second-order valence-corrected chi connectivity index (χ2v) is 7.05. The fourth-order valence-electron chi connectivity index (χ4n) is 3.25. The quantitative estimate of drug-likeness (QED) is 0.586. The van der Waals surface area contributed by atoms with Crippen molar-refractivity contribution in [3.8, 4) is 5.75 Å². The van der Waals surface area contributed by atoms with Gasteiger partial charge in [-0.25, -0.2) is 0 Å². The Morgan fingerprint density at radius 2 is 1.77 bits per heavy atom. The van der Waals surface area contributed by atoms with Crippen molar-refractivity contribution in [1.29, 1.82) is 0 Å². The summed E-state index contributed by atoms with van der Waals surface area (Å²) in [5.41, 5.74) is 2.10. The molecule has 1 aliphatic rings. The zero-order valence-electron chi connectivity index (χ0n) is 17.4. The summed E-state index contributed by atoms with van der Waals surface area (Å²) in [4.78, 5) is 26.5. The summed E-state index contributed by atoms with van der Waals surface area (Å²) in [5, 5.41) is 5.93. The Morgan fingerprint density at radius 3 is 2.50 bits per heavy atom. The molecule has 2 aromatic rings. The number of rotatable bonds is 10. The molecule has 0 bridgehead atoms. The third-order valence-corrected chi connectivity index (χ3v) is 4.80. The van der Waals surface area contributed by atoms with E-state index in [0.717, 1.165) is 37.4 Å². The Bertz CT molecular complexity index is 833. The number of nitrogens with zero attached hydrogens (tertiary/aromatic N) is 1. The number of ether oxygens (including phenoxy) is 2. The lowest BCUT2D eigenvalue weighted by Crippen LogP contribution is -2.27. The third kappa shape index (κ3) is 6.49. The molecule has 7 nitrogen and oxygen atoms in total. The van der Waals surface area contributed by atoms with Crippen molar-refractivity contribution in [3.63, 3.8) is 0 Å². The largest absolute Gasteiger partial charge is 0.491 e. The maximum atomic E-state index is 12.4. The number of amides is 2. The van der Waals surface area contributed by atoms with Gasteiger partial charge in [0.15, 0.2) is 0 Å². The van der Waals surface area contributed by atoms with E-state index in [1.807, 2.05) is 36.1 Å². The first-order valence-electron chi connectivity index (χ1n) is 10.4. The van der Waals surface area contributed by atoms with Crippen LogP contribution >= 0.6 is 0 Å². The minimum atomic E-state index is -0.170. The van der Waals surface area contributed by atoms with E-state index in [1.54, 1.807) is 24.3 Å². The highest BCUT2D eigenvalue weighted by Gasteiger charge is 2.19. The Hall–Kier alpha value is -3.06. The van der Waals surface area contributed by atoms with Gasteiger partial charge in [0.05, 0.1) is 13.2 Å². The molecule has 2 aromatic carbocycles. The van der Waals surface area contributed by atoms with Gasteiger partial charge < -0.3 is 25.0 Å². The first kappa shape index (κ1) is 21.6. The van der Waals surface area contributed by atoms with Crippen LogP contribution in [0.5, 0.6) is 5.75 Å². The number of carbonyl (C=O) groups is 2. The number of nitrogens with one attached hydrogen (secondary N) is 2. The Kier molecular flexibility index (Phi) is 8.09. The minimum Gasteiger partial charge on any atom is -0.491 e. The molecule has 2 amide bonds. The Balaban J connectivity index is 1.45. The molecule has 0 unspecified atom stereocenters. The van der Waals surface area contributed by atoms with Crippen LogP contribution < -0.4 is 15.4 Å². The molecule has 0 saturated carbocycles. The Morgan fingerprint density at radius 1 is 1.00 bits per heavy atom. The van der Waals surface area contributed by atoms with Crippen molar-refractivity contribution in [2.75, 3.05) is 50.1 Å². The highest BCUT2D eigenvalue weighted by molar-refractivity contribution is 5.96. The summed E-state index contributed by atoms with van der Waals surface area (Å²) < 4.78 is 10.9. The Labute approximate surface area is 177 Å². The van der Waals surface area contributed by atoms with E-state index in [9.17, 15) is 9.59 Å². The van der Waals surface area contributed by atoms with Gasteiger partial charge in [-0.1, -0.05) is 6.07 Å². The summed E-state index contributed by atoms with van der Waals surface area (Å²) in [5.74, 6) is 0.602. The highest BCUT2D eigenvalue weighted by atomic mass is 16.5. The summed E-state index contributed by atoms with van der Waals surface area (Å²) in [6.07, 6.45) is 2.13. The van der Waals surface area contributed by atoms with Crippen LogP contribution in [0.15, 0.2) is 48.5 Å². The molecule has 1 fully saturated rings. The zero-order chi connectivity index (χ0) is 21.2. The third-order valence-electron chi connectivity index (χ3n) is 4.80. The van der Waals surface area contributed by atoms with E-state index in [-0.39, 0.29) is 18.4 Å². The predicted molar refractivity (Wildman–Crippen MR) is 117 cm³/mol. The van der Waals surface area contributed by atoms with Crippen LogP contribution in [-0.4, -0.2) is 56.2 Å². The van der Waals surface area contributed by atoms with Crippen LogP contribution in [0, 0.1) is 0 Å². The molecule has 1 saturated heterocycles. The maximum Gasteiger partial charge on any atom is 0.253 e. The van der Waals surface area contributed by atoms with Crippen LogP contribution in [0.2, 0.25) is 0 Å². The minimum absolute atomic E-state index is 0.0513. The second kappa shape index (κ2) is 11.2. The van der Waals surface area contributed by atoms with Gasteiger partial charge in [0, 0.05) is 42.7 Å². The normalized spacial score (nSPS) is 13.2. The zero-order valence-corrected chi connectivity index (χ0v) is 17.4. The summed E-state index contributed by atoms with van der Waals surface area (Å²) in [6.45, 7) is 5.39. The number of benzene rings is 2. The SMILES string of the molecule is CCOCCOc1cccc(NCC(=O)Nc2ccc(C(=O)N3CCCC3)cc2)c1. The lowest BCUT2D eigenvalue weighted by atomic mass is 10.2. The van der Waals surface area contributed by atoms with Crippen molar-refractivity contribution < 1.29 is 19.1 Å². The molecule has 30 heavy (non-hydrogen) atoms. The molecule has 3 rings (SSSR count). The van der Waals surface area contributed by atoms with E-state index < -0.39 is 0 Å². The van der Waals surface area contributed by atoms with Gasteiger partial charge in [-0.05, 0) is 56.2 Å². The van der Waals surface area contributed by atoms with E-state index in [1.165, 1.54) is 0 Å². The second-order valence-electron chi connectivity index (χ2n) is 7.05. The van der Waals surface area contributed by atoms with Crippen LogP contribution in [0.25, 0.3) is 0 Å². The van der Waals surface area contributed by atoms with Gasteiger partial charge in [0.2, 0.25) is 5.91 Å². The van der Waals surface area contributed by atoms with E-state index in [2.05, 4.69) is 10.6 Å². The monoisotopic (exact) mass is 411 g/mol. The van der Waals surface area contributed by atoms with Crippen molar-refractivity contribution >= 4 is 23.2 Å². The maximum absolute atomic E-state index is 12.4. The topological polar surface area (TPSA) is 79.9 Å². The molecule has 7 heteroatoms. The molecule has 0 radical (unpaired) electrons. The molecule has 0 aliphatic carbocycles. The fourth-order valence-corrected chi connectivity index (χ4v) is 3.25. The van der Waals surface area contributed by atoms with Crippen LogP contribution in [0.4, 0.5) is 11.4 Å². The van der Waals surface area contributed by atoms with Crippen LogP contribution in [0.1, 0.15) is 30.1 Å². The highest BCUT2D eigenvalue weighted by Crippen LogP contribution is 2.18. The molecule has 1 aliphatic heterocycles. The smallest absolute Gasteiger partial charge is 0.253 e. The molecule has 0 spiro atoms. The number of anilines is 2. The van der Waals surface area contributed by atoms with Crippen molar-refractivity contribution in [2.24, 2.45) is 0 Å².